The molecule has 162 valence electrons. The second kappa shape index (κ2) is 8.97. The molecule has 0 aliphatic carbocycles. The van der Waals surface area contributed by atoms with Crippen LogP contribution in [0, 0.1) is 20.8 Å². The third-order valence-corrected chi connectivity index (χ3v) is 6.91. The smallest absolute Gasteiger partial charge is 0.234 e. The minimum absolute atomic E-state index is 0.0211. The molecule has 2 aliphatic rings. The second-order valence-electron chi connectivity index (χ2n) is 8.68. The number of nitrogens with zero attached hydrogens (tertiary/aromatic N) is 3. The molecule has 0 aromatic heterocycles. The van der Waals surface area contributed by atoms with E-state index in [0.29, 0.717) is 5.75 Å². The lowest BCUT2D eigenvalue weighted by Crippen LogP contribution is -2.39. The van der Waals surface area contributed by atoms with Crippen LogP contribution in [-0.4, -0.2) is 53.1 Å². The van der Waals surface area contributed by atoms with Crippen LogP contribution in [0.1, 0.15) is 35.1 Å². The van der Waals surface area contributed by atoms with Crippen LogP contribution in [0.2, 0.25) is 0 Å². The first-order valence-corrected chi connectivity index (χ1v) is 11.8. The van der Waals surface area contributed by atoms with Crippen molar-refractivity contribution >= 4 is 34.1 Å². The molecular weight excluding hydrogens is 404 g/mol. The molecule has 2 aromatic rings. The number of carbonyl (C=O) groups excluding carboxylic acids is 1. The normalized spacial score (nSPS) is 18.1. The van der Waals surface area contributed by atoms with Gasteiger partial charge < -0.3 is 10.2 Å². The van der Waals surface area contributed by atoms with E-state index in [1.807, 2.05) is 19.1 Å². The molecule has 0 bridgehead atoms. The lowest BCUT2D eigenvalue weighted by atomic mass is 9.99. The van der Waals surface area contributed by atoms with Gasteiger partial charge in [-0.2, -0.15) is 0 Å². The Labute approximate surface area is 189 Å². The van der Waals surface area contributed by atoms with Gasteiger partial charge in [-0.05, 0) is 39.4 Å². The quantitative estimate of drug-likeness (QED) is 0.765. The molecule has 2 aromatic carbocycles. The zero-order chi connectivity index (χ0) is 22.0. The van der Waals surface area contributed by atoms with Crippen molar-refractivity contribution in [2.75, 3.05) is 31.2 Å². The van der Waals surface area contributed by atoms with Crippen LogP contribution >= 0.6 is 11.8 Å². The maximum absolute atomic E-state index is 12.7. The molecule has 1 saturated heterocycles. The number of hydrogen-bond donors (Lipinski definition) is 1. The molecule has 1 spiro atoms. The van der Waals surface area contributed by atoms with Crippen LogP contribution < -0.4 is 5.32 Å². The number of nitrogens with one attached hydrogen (secondary N) is 1. The summed E-state index contributed by atoms with van der Waals surface area (Å²) in [5.41, 5.74) is 5.96. The summed E-state index contributed by atoms with van der Waals surface area (Å²) in [7, 11) is 2.14. The fraction of sp³-hybridized carbons (Fsp3) is 0.400. The molecule has 1 fully saturated rings. The summed E-state index contributed by atoms with van der Waals surface area (Å²) in [4.78, 5) is 25.2. The summed E-state index contributed by atoms with van der Waals surface area (Å²) in [6.45, 7) is 8.12. The van der Waals surface area contributed by atoms with E-state index in [0.717, 1.165) is 53.5 Å². The molecule has 2 heterocycles. The highest BCUT2D eigenvalue weighted by atomic mass is 32.2. The van der Waals surface area contributed by atoms with Crippen molar-refractivity contribution in [3.8, 4) is 0 Å². The van der Waals surface area contributed by atoms with Gasteiger partial charge in [0.05, 0.1) is 11.5 Å². The van der Waals surface area contributed by atoms with Gasteiger partial charge in [-0.25, -0.2) is 4.99 Å². The second-order valence-corrected chi connectivity index (χ2v) is 9.65. The van der Waals surface area contributed by atoms with Crippen molar-refractivity contribution in [2.45, 2.75) is 39.3 Å². The Balaban J connectivity index is 1.51. The summed E-state index contributed by atoms with van der Waals surface area (Å²) in [6.07, 6.45) is 1.83. The minimum Gasteiger partial charge on any atom is -0.325 e. The first kappa shape index (κ1) is 21.8. The maximum Gasteiger partial charge on any atom is 0.234 e. The molecule has 0 saturated carbocycles. The molecule has 4 rings (SSSR count). The van der Waals surface area contributed by atoms with Crippen LogP contribution in [0.25, 0.3) is 0 Å². The number of rotatable bonds is 4. The summed E-state index contributed by atoms with van der Waals surface area (Å²) in [5, 5.41) is 3.92. The van der Waals surface area contributed by atoms with Gasteiger partial charge in [0.15, 0.2) is 5.66 Å². The van der Waals surface area contributed by atoms with Crippen LogP contribution in [0.3, 0.4) is 0 Å². The Kier molecular flexibility index (Phi) is 6.30. The van der Waals surface area contributed by atoms with E-state index in [9.17, 15) is 4.79 Å². The van der Waals surface area contributed by atoms with E-state index in [4.69, 9.17) is 9.98 Å². The van der Waals surface area contributed by atoms with Crippen LogP contribution in [0.4, 0.5) is 5.69 Å². The average molecular weight is 435 g/mol. The Morgan fingerprint density at radius 2 is 1.71 bits per heavy atom. The molecule has 5 nitrogen and oxygen atoms in total. The summed E-state index contributed by atoms with van der Waals surface area (Å²) >= 11 is 1.49. The molecule has 0 atom stereocenters. The van der Waals surface area contributed by atoms with Crippen LogP contribution in [0.15, 0.2) is 52.4 Å². The van der Waals surface area contributed by atoms with Gasteiger partial charge in [0.25, 0.3) is 0 Å². The van der Waals surface area contributed by atoms with Crippen molar-refractivity contribution in [3.05, 3.63) is 64.7 Å². The number of hydrogen-bond acceptors (Lipinski definition) is 5. The number of piperidine rings is 1. The lowest BCUT2D eigenvalue weighted by molar-refractivity contribution is -0.113. The Bertz CT molecular complexity index is 1030. The van der Waals surface area contributed by atoms with Crippen LogP contribution in [0.5, 0.6) is 0 Å². The number of thioether (sulfide) groups is 1. The van der Waals surface area contributed by atoms with E-state index >= 15 is 0 Å². The van der Waals surface area contributed by atoms with Gasteiger partial charge >= 0.3 is 0 Å². The predicted molar refractivity (Wildman–Crippen MR) is 132 cm³/mol. The summed E-state index contributed by atoms with van der Waals surface area (Å²) < 4.78 is 0. The summed E-state index contributed by atoms with van der Waals surface area (Å²) in [5.74, 6) is 0.291. The fourth-order valence-electron chi connectivity index (χ4n) is 4.00. The van der Waals surface area contributed by atoms with E-state index < -0.39 is 0 Å². The van der Waals surface area contributed by atoms with Crippen molar-refractivity contribution in [1.29, 1.82) is 0 Å². The molecule has 1 amide bonds. The van der Waals surface area contributed by atoms with Gasteiger partial charge in [0.1, 0.15) is 5.04 Å². The first-order valence-electron chi connectivity index (χ1n) is 10.8. The topological polar surface area (TPSA) is 57.1 Å². The molecule has 0 radical (unpaired) electrons. The molecule has 1 N–H and O–H groups in total. The van der Waals surface area contributed by atoms with E-state index in [2.05, 4.69) is 61.4 Å². The largest absolute Gasteiger partial charge is 0.325 e. The number of aryl methyl sites for hydroxylation is 3. The monoisotopic (exact) mass is 434 g/mol. The van der Waals surface area contributed by atoms with E-state index in [1.54, 1.807) is 0 Å². The maximum atomic E-state index is 12.7. The SMILES string of the molecule is Cc1ccc(C2=NC3(CCN(C)CC3)N=C2SCC(=O)Nc2ccc(C)cc2C)cc1. The molecule has 2 aliphatic heterocycles. The standard InChI is InChI=1S/C25H30N4OS/c1-17-5-8-20(9-6-17)23-24(28-25(27-23)11-13-29(4)14-12-25)31-16-22(30)26-21-10-7-18(2)15-19(21)3/h5-10,15H,11-14,16H2,1-4H3,(H,26,30). The van der Waals surface area contributed by atoms with Crippen LogP contribution in [-0.2, 0) is 4.79 Å². The van der Waals surface area contributed by atoms with E-state index in [1.165, 1.54) is 22.9 Å². The Morgan fingerprint density at radius 1 is 1.03 bits per heavy atom. The van der Waals surface area contributed by atoms with Gasteiger partial charge in [-0.3, -0.25) is 9.79 Å². The molecule has 31 heavy (non-hydrogen) atoms. The number of amides is 1. The van der Waals surface area contributed by atoms with Crippen molar-refractivity contribution in [1.82, 2.24) is 4.90 Å². The number of aliphatic imine (C=N–C) groups is 2. The number of likely N-dealkylation sites (tertiary alicyclic amines) is 1. The number of carbonyl (C=O) groups is 1. The zero-order valence-corrected chi connectivity index (χ0v) is 19.6. The minimum atomic E-state index is -0.376. The Hall–Kier alpha value is -2.44. The Morgan fingerprint density at radius 3 is 2.39 bits per heavy atom. The lowest BCUT2D eigenvalue weighted by Gasteiger charge is -2.33. The number of anilines is 1. The van der Waals surface area contributed by atoms with Crippen molar-refractivity contribution in [3.63, 3.8) is 0 Å². The molecule has 0 unspecified atom stereocenters. The third-order valence-electron chi connectivity index (χ3n) is 5.94. The third kappa shape index (κ3) is 5.08. The zero-order valence-electron chi connectivity index (χ0n) is 18.7. The first-order chi connectivity index (χ1) is 14.8. The predicted octanol–water partition coefficient (Wildman–Crippen LogP) is 4.61. The van der Waals surface area contributed by atoms with Crippen molar-refractivity contribution < 1.29 is 4.79 Å². The average Bonchev–Trinajstić information content (AvgIpc) is 3.10. The molecule has 6 heteroatoms. The fourth-order valence-corrected chi connectivity index (χ4v) is 4.87. The highest BCUT2D eigenvalue weighted by Gasteiger charge is 2.39. The van der Waals surface area contributed by atoms with Crippen molar-refractivity contribution in [2.24, 2.45) is 9.98 Å². The highest BCUT2D eigenvalue weighted by Crippen LogP contribution is 2.35. The van der Waals surface area contributed by atoms with Gasteiger partial charge in [0.2, 0.25) is 5.91 Å². The summed E-state index contributed by atoms with van der Waals surface area (Å²) in [6, 6.07) is 14.5. The van der Waals surface area contributed by atoms with E-state index in [-0.39, 0.29) is 11.6 Å². The van der Waals surface area contributed by atoms with Gasteiger partial charge in [-0.15, -0.1) is 0 Å². The molecular formula is C25H30N4OS. The van der Waals surface area contributed by atoms with Gasteiger partial charge in [0, 0.05) is 37.2 Å². The van der Waals surface area contributed by atoms with Gasteiger partial charge in [-0.1, -0.05) is 59.3 Å². The highest BCUT2D eigenvalue weighted by molar-refractivity contribution is 8.16. The number of benzene rings is 2.